The molecule has 25 heavy (non-hydrogen) atoms. The number of hydrogen-bond acceptors (Lipinski definition) is 0. The summed E-state index contributed by atoms with van der Waals surface area (Å²) in [7, 11) is 0. The molecule has 0 bridgehead atoms. The third-order valence-corrected chi connectivity index (χ3v) is 6.28. The van der Waals surface area contributed by atoms with Crippen LogP contribution in [0.3, 0.4) is 0 Å². The van der Waals surface area contributed by atoms with Crippen LogP contribution in [0.25, 0.3) is 22.3 Å². The van der Waals surface area contributed by atoms with Crippen molar-refractivity contribution in [2.45, 2.75) is 44.9 Å². The summed E-state index contributed by atoms with van der Waals surface area (Å²) in [5, 5.41) is 0. The van der Waals surface area contributed by atoms with Crippen molar-refractivity contribution >= 4 is 0 Å². The fraction of sp³-hybridized carbons (Fsp3) is 0.280. The Kier molecular flexibility index (Phi) is 3.19. The van der Waals surface area contributed by atoms with Gasteiger partial charge in [0, 0.05) is 5.41 Å². The van der Waals surface area contributed by atoms with E-state index in [-0.39, 0.29) is 5.41 Å². The Labute approximate surface area is 150 Å². The Balaban J connectivity index is 1.73. The number of fused-ring (bicyclic) bond motifs is 5. The quantitative estimate of drug-likeness (QED) is 0.461. The Hall–Kier alpha value is -2.34. The van der Waals surface area contributed by atoms with E-state index in [9.17, 15) is 0 Å². The molecule has 0 radical (unpaired) electrons. The minimum atomic E-state index is 0.265. The van der Waals surface area contributed by atoms with Gasteiger partial charge in [-0.3, -0.25) is 0 Å². The van der Waals surface area contributed by atoms with E-state index in [1.807, 2.05) is 0 Å². The van der Waals surface area contributed by atoms with Gasteiger partial charge < -0.3 is 0 Å². The first kappa shape index (κ1) is 15.0. The molecule has 3 aromatic rings. The van der Waals surface area contributed by atoms with E-state index in [1.54, 1.807) is 11.1 Å². The van der Waals surface area contributed by atoms with Gasteiger partial charge in [0.2, 0.25) is 0 Å². The highest BCUT2D eigenvalue weighted by Gasteiger charge is 2.44. The summed E-state index contributed by atoms with van der Waals surface area (Å²) in [5.41, 5.74) is 11.7. The number of hydrogen-bond donors (Lipinski definition) is 0. The fourth-order valence-corrected chi connectivity index (χ4v) is 5.29. The Morgan fingerprint density at radius 3 is 2.08 bits per heavy atom. The lowest BCUT2D eigenvalue weighted by Gasteiger charge is -2.27. The van der Waals surface area contributed by atoms with Crippen LogP contribution in [0.2, 0.25) is 0 Å². The number of benzene rings is 3. The van der Waals surface area contributed by atoms with Crippen LogP contribution in [-0.4, -0.2) is 0 Å². The summed E-state index contributed by atoms with van der Waals surface area (Å²) in [6, 6.07) is 23.2. The summed E-state index contributed by atoms with van der Waals surface area (Å²) in [6.45, 7) is 4.39. The van der Waals surface area contributed by atoms with Crippen molar-refractivity contribution in [1.82, 2.24) is 0 Å². The maximum absolute atomic E-state index is 2.49. The first-order valence-electron chi connectivity index (χ1n) is 9.50. The highest BCUT2D eigenvalue weighted by atomic mass is 14.5. The van der Waals surface area contributed by atoms with Gasteiger partial charge in [0.15, 0.2) is 0 Å². The van der Waals surface area contributed by atoms with Crippen LogP contribution in [0, 0.1) is 13.8 Å². The van der Waals surface area contributed by atoms with Crippen molar-refractivity contribution in [2.75, 3.05) is 0 Å². The van der Waals surface area contributed by atoms with Crippen molar-refractivity contribution in [1.29, 1.82) is 0 Å². The highest BCUT2D eigenvalue weighted by Crippen LogP contribution is 2.57. The van der Waals surface area contributed by atoms with Crippen LogP contribution in [-0.2, 0) is 5.41 Å². The predicted molar refractivity (Wildman–Crippen MR) is 106 cm³/mol. The van der Waals surface area contributed by atoms with Crippen LogP contribution < -0.4 is 0 Å². The molecule has 0 aliphatic heterocycles. The lowest BCUT2D eigenvalue weighted by molar-refractivity contribution is 0.550. The summed E-state index contributed by atoms with van der Waals surface area (Å²) in [6.07, 6.45) is 5.30. The molecule has 2 aliphatic rings. The van der Waals surface area contributed by atoms with Crippen molar-refractivity contribution in [2.24, 2.45) is 0 Å². The molecule has 0 heterocycles. The Bertz CT molecular complexity index is 951. The Morgan fingerprint density at radius 2 is 1.32 bits per heavy atom. The molecule has 1 saturated carbocycles. The predicted octanol–water partition coefficient (Wildman–Crippen LogP) is 6.81. The zero-order valence-corrected chi connectivity index (χ0v) is 15.1. The molecular weight excluding hydrogens is 300 g/mol. The first-order chi connectivity index (χ1) is 12.2. The summed E-state index contributed by atoms with van der Waals surface area (Å²) >= 11 is 0. The van der Waals surface area contributed by atoms with Gasteiger partial charge in [-0.2, -0.15) is 0 Å². The molecule has 0 unspecified atom stereocenters. The van der Waals surface area contributed by atoms with E-state index < -0.39 is 0 Å². The summed E-state index contributed by atoms with van der Waals surface area (Å²) in [4.78, 5) is 0. The van der Waals surface area contributed by atoms with Gasteiger partial charge in [-0.05, 0) is 66.1 Å². The minimum absolute atomic E-state index is 0.265. The smallest absolute Gasteiger partial charge is 0.0215 e. The van der Waals surface area contributed by atoms with Gasteiger partial charge in [0.1, 0.15) is 0 Å². The lowest BCUT2D eigenvalue weighted by Crippen LogP contribution is -2.20. The van der Waals surface area contributed by atoms with E-state index in [0.717, 1.165) is 0 Å². The number of aryl methyl sites for hydroxylation is 2. The summed E-state index contributed by atoms with van der Waals surface area (Å²) in [5.74, 6) is 0. The van der Waals surface area contributed by atoms with Gasteiger partial charge in [0.25, 0.3) is 0 Å². The van der Waals surface area contributed by atoms with Gasteiger partial charge >= 0.3 is 0 Å². The monoisotopic (exact) mass is 324 g/mol. The van der Waals surface area contributed by atoms with Crippen LogP contribution in [0.4, 0.5) is 0 Å². The average Bonchev–Trinajstić information content (AvgIpc) is 3.20. The third kappa shape index (κ3) is 2.13. The maximum Gasteiger partial charge on any atom is 0.0215 e. The molecule has 0 N–H and O–H groups in total. The number of rotatable bonds is 1. The Morgan fingerprint density at radius 1 is 0.640 bits per heavy atom. The van der Waals surface area contributed by atoms with Crippen LogP contribution >= 0.6 is 0 Å². The van der Waals surface area contributed by atoms with E-state index >= 15 is 0 Å². The van der Waals surface area contributed by atoms with Gasteiger partial charge in [-0.25, -0.2) is 0 Å². The molecule has 124 valence electrons. The van der Waals surface area contributed by atoms with Gasteiger partial charge in [-0.15, -0.1) is 0 Å². The van der Waals surface area contributed by atoms with Crippen molar-refractivity contribution in [3.63, 3.8) is 0 Å². The molecule has 3 aromatic carbocycles. The lowest BCUT2D eigenvalue weighted by atomic mass is 9.76. The molecule has 0 amide bonds. The topological polar surface area (TPSA) is 0 Å². The largest absolute Gasteiger partial charge is 0.0619 e. The molecule has 0 heteroatoms. The average molecular weight is 324 g/mol. The SMILES string of the molecule is Cc1cc(C)cc(-c2ccc3c(c2)C2(CCCC2)c2ccccc2-3)c1. The maximum atomic E-state index is 2.49. The van der Waals surface area contributed by atoms with Gasteiger partial charge in [-0.1, -0.05) is 78.6 Å². The van der Waals surface area contributed by atoms with E-state index in [2.05, 4.69) is 74.5 Å². The zero-order chi connectivity index (χ0) is 17.0. The first-order valence-corrected chi connectivity index (χ1v) is 9.50. The molecule has 5 rings (SSSR count). The van der Waals surface area contributed by atoms with Gasteiger partial charge in [0.05, 0.1) is 0 Å². The minimum Gasteiger partial charge on any atom is -0.0619 e. The molecule has 0 nitrogen and oxygen atoms in total. The van der Waals surface area contributed by atoms with Crippen molar-refractivity contribution < 1.29 is 0 Å². The van der Waals surface area contributed by atoms with Crippen LogP contribution in [0.5, 0.6) is 0 Å². The van der Waals surface area contributed by atoms with E-state index in [4.69, 9.17) is 0 Å². The highest BCUT2D eigenvalue weighted by molar-refractivity contribution is 5.84. The molecule has 1 spiro atoms. The van der Waals surface area contributed by atoms with E-state index in [0.29, 0.717) is 0 Å². The summed E-state index contributed by atoms with van der Waals surface area (Å²) < 4.78 is 0. The van der Waals surface area contributed by atoms with Crippen molar-refractivity contribution in [3.8, 4) is 22.3 Å². The second kappa shape index (κ2) is 5.33. The van der Waals surface area contributed by atoms with Crippen LogP contribution in [0.15, 0.2) is 60.7 Å². The molecule has 0 saturated heterocycles. The molecule has 0 aromatic heterocycles. The molecular formula is C25H24. The molecule has 1 fully saturated rings. The van der Waals surface area contributed by atoms with Crippen LogP contribution in [0.1, 0.15) is 47.9 Å². The second-order valence-corrected chi connectivity index (χ2v) is 7.97. The molecule has 0 atom stereocenters. The third-order valence-electron chi connectivity index (χ3n) is 6.28. The van der Waals surface area contributed by atoms with E-state index in [1.165, 1.54) is 59.1 Å². The van der Waals surface area contributed by atoms with Crippen molar-refractivity contribution in [3.05, 3.63) is 82.9 Å². The fourth-order valence-electron chi connectivity index (χ4n) is 5.29. The molecule has 2 aliphatic carbocycles. The standard InChI is InChI=1S/C25H24/c1-17-13-18(2)15-20(14-17)19-9-10-22-21-7-3-4-8-23(21)25(24(22)16-19)11-5-6-12-25/h3-4,7-10,13-16H,5-6,11-12H2,1-2H3. The zero-order valence-electron chi connectivity index (χ0n) is 15.1. The second-order valence-electron chi connectivity index (χ2n) is 7.97. The normalized spacial score (nSPS) is 16.9.